The van der Waals surface area contributed by atoms with Crippen molar-refractivity contribution in [1.82, 2.24) is 0 Å². The summed E-state index contributed by atoms with van der Waals surface area (Å²) in [7, 11) is 1.74. The molecular formula is C17H26O. The highest BCUT2D eigenvalue weighted by molar-refractivity contribution is 5.66. The van der Waals surface area contributed by atoms with Gasteiger partial charge in [0, 0.05) is 11.1 Å². The van der Waals surface area contributed by atoms with Gasteiger partial charge >= 0.3 is 0 Å². The molecule has 1 heteroatoms. The van der Waals surface area contributed by atoms with E-state index >= 15 is 0 Å². The van der Waals surface area contributed by atoms with Crippen LogP contribution in [0.4, 0.5) is 0 Å². The van der Waals surface area contributed by atoms with Gasteiger partial charge < -0.3 is 4.74 Å². The van der Waals surface area contributed by atoms with Crippen molar-refractivity contribution in [1.29, 1.82) is 0 Å². The molecule has 0 aliphatic carbocycles. The summed E-state index contributed by atoms with van der Waals surface area (Å²) >= 11 is 0. The highest BCUT2D eigenvalue weighted by Crippen LogP contribution is 2.39. The summed E-state index contributed by atoms with van der Waals surface area (Å²) in [5.74, 6) is 1.48. The van der Waals surface area contributed by atoms with Gasteiger partial charge in [-0.05, 0) is 29.4 Å². The molecule has 0 aliphatic rings. The van der Waals surface area contributed by atoms with Gasteiger partial charge in [-0.15, -0.1) is 0 Å². The number of methoxy groups -OCH3 is 1. The van der Waals surface area contributed by atoms with Crippen molar-refractivity contribution < 1.29 is 4.74 Å². The second kappa shape index (κ2) is 5.17. The van der Waals surface area contributed by atoms with Gasteiger partial charge in [0.15, 0.2) is 0 Å². The minimum atomic E-state index is 0.0699. The number of hydrogen-bond donors (Lipinski definition) is 0. The van der Waals surface area contributed by atoms with Crippen LogP contribution in [-0.4, -0.2) is 7.11 Å². The van der Waals surface area contributed by atoms with Crippen LogP contribution < -0.4 is 4.74 Å². The molecule has 0 bridgehead atoms. The Kier molecular flexibility index (Phi) is 4.26. The Labute approximate surface area is 112 Å². The molecule has 0 atom stereocenters. The summed E-state index contributed by atoms with van der Waals surface area (Å²) in [6.45, 7) is 17.2. The van der Waals surface area contributed by atoms with Gasteiger partial charge in [-0.25, -0.2) is 0 Å². The molecule has 1 nitrogen and oxygen atoms in total. The molecular weight excluding hydrogens is 220 g/mol. The van der Waals surface area contributed by atoms with Gasteiger partial charge in [-0.1, -0.05) is 53.3 Å². The van der Waals surface area contributed by atoms with E-state index in [0.717, 1.165) is 11.3 Å². The van der Waals surface area contributed by atoms with Crippen molar-refractivity contribution >= 4 is 6.08 Å². The third kappa shape index (κ3) is 2.60. The van der Waals surface area contributed by atoms with Crippen LogP contribution in [0, 0.1) is 6.92 Å². The van der Waals surface area contributed by atoms with E-state index < -0.39 is 0 Å². The van der Waals surface area contributed by atoms with Gasteiger partial charge in [0.25, 0.3) is 0 Å². The lowest BCUT2D eigenvalue weighted by atomic mass is 9.80. The van der Waals surface area contributed by atoms with Crippen molar-refractivity contribution in [3.63, 3.8) is 0 Å². The SMILES string of the molecule is C=Cc1c(C)c(C(C)C)cc(C(C)(C)C)c1OC. The lowest BCUT2D eigenvalue weighted by Crippen LogP contribution is -2.15. The van der Waals surface area contributed by atoms with Crippen LogP contribution >= 0.6 is 0 Å². The van der Waals surface area contributed by atoms with Gasteiger partial charge in [0.1, 0.15) is 5.75 Å². The third-order valence-corrected chi connectivity index (χ3v) is 3.46. The molecule has 0 fully saturated rings. The van der Waals surface area contributed by atoms with E-state index in [-0.39, 0.29) is 5.41 Å². The highest BCUT2D eigenvalue weighted by atomic mass is 16.5. The minimum Gasteiger partial charge on any atom is -0.496 e. The lowest BCUT2D eigenvalue weighted by Gasteiger charge is -2.27. The van der Waals surface area contributed by atoms with Crippen LogP contribution in [-0.2, 0) is 5.41 Å². The zero-order valence-electron chi connectivity index (χ0n) is 12.8. The Hall–Kier alpha value is -1.24. The standard InChI is InChI=1S/C17H26O/c1-9-13-12(4)14(11(2)3)10-15(16(13)18-8)17(5,6)7/h9-11H,1H2,2-8H3. The van der Waals surface area contributed by atoms with Crippen LogP contribution in [0.2, 0.25) is 0 Å². The highest BCUT2D eigenvalue weighted by Gasteiger charge is 2.24. The Morgan fingerprint density at radius 3 is 2.17 bits per heavy atom. The van der Waals surface area contributed by atoms with Crippen molar-refractivity contribution in [2.75, 3.05) is 7.11 Å². The lowest BCUT2D eigenvalue weighted by molar-refractivity contribution is 0.396. The van der Waals surface area contributed by atoms with Gasteiger partial charge in [0.05, 0.1) is 7.11 Å². The summed E-state index contributed by atoms with van der Waals surface area (Å²) < 4.78 is 5.64. The van der Waals surface area contributed by atoms with Gasteiger partial charge in [0.2, 0.25) is 0 Å². The van der Waals surface area contributed by atoms with Crippen LogP contribution in [0.1, 0.15) is 62.8 Å². The monoisotopic (exact) mass is 246 g/mol. The molecule has 0 unspecified atom stereocenters. The van der Waals surface area contributed by atoms with Crippen LogP contribution in [0.15, 0.2) is 12.6 Å². The fourth-order valence-electron chi connectivity index (χ4n) is 2.42. The van der Waals surface area contributed by atoms with Gasteiger partial charge in [-0.2, -0.15) is 0 Å². The molecule has 0 spiro atoms. The van der Waals surface area contributed by atoms with Crippen molar-refractivity contribution in [2.45, 2.75) is 52.9 Å². The molecule has 1 aromatic rings. The fourth-order valence-corrected chi connectivity index (χ4v) is 2.42. The van der Waals surface area contributed by atoms with Crippen molar-refractivity contribution in [3.8, 4) is 5.75 Å². The summed E-state index contributed by atoms with van der Waals surface area (Å²) in [6.07, 6.45) is 1.91. The quantitative estimate of drug-likeness (QED) is 0.723. The number of benzene rings is 1. The first-order valence-electron chi connectivity index (χ1n) is 6.58. The molecule has 0 aliphatic heterocycles. The van der Waals surface area contributed by atoms with E-state index in [4.69, 9.17) is 4.74 Å². The zero-order valence-corrected chi connectivity index (χ0v) is 12.8. The van der Waals surface area contributed by atoms with E-state index in [2.05, 4.69) is 54.2 Å². The van der Waals surface area contributed by atoms with E-state index in [1.807, 2.05) is 6.08 Å². The molecule has 0 aromatic heterocycles. The maximum atomic E-state index is 5.64. The number of rotatable bonds is 3. The Morgan fingerprint density at radius 1 is 1.28 bits per heavy atom. The molecule has 0 amide bonds. The summed E-state index contributed by atoms with van der Waals surface area (Å²) in [4.78, 5) is 0. The number of ether oxygens (including phenoxy) is 1. The first kappa shape index (κ1) is 14.8. The predicted molar refractivity (Wildman–Crippen MR) is 80.6 cm³/mol. The van der Waals surface area contributed by atoms with Crippen molar-refractivity contribution in [3.05, 3.63) is 34.9 Å². The maximum Gasteiger partial charge on any atom is 0.130 e. The number of hydrogen-bond acceptors (Lipinski definition) is 1. The first-order chi connectivity index (χ1) is 8.23. The second-order valence-electron chi connectivity index (χ2n) is 6.19. The summed E-state index contributed by atoms with van der Waals surface area (Å²) in [5.41, 5.74) is 5.13. The van der Waals surface area contributed by atoms with Crippen molar-refractivity contribution in [2.24, 2.45) is 0 Å². The zero-order chi connectivity index (χ0) is 14.1. The fraction of sp³-hybridized carbons (Fsp3) is 0.529. The van der Waals surface area contributed by atoms with E-state index in [1.165, 1.54) is 16.7 Å². The molecule has 18 heavy (non-hydrogen) atoms. The van der Waals surface area contributed by atoms with E-state index in [9.17, 15) is 0 Å². The van der Waals surface area contributed by atoms with Gasteiger partial charge in [-0.3, -0.25) is 0 Å². The molecule has 1 aromatic carbocycles. The van der Waals surface area contributed by atoms with Crippen LogP contribution in [0.3, 0.4) is 0 Å². The maximum absolute atomic E-state index is 5.64. The Bertz CT molecular complexity index is 448. The Balaban J connectivity index is 3.71. The average molecular weight is 246 g/mol. The third-order valence-electron chi connectivity index (χ3n) is 3.46. The van der Waals surface area contributed by atoms with E-state index in [1.54, 1.807) is 7.11 Å². The average Bonchev–Trinajstić information content (AvgIpc) is 2.25. The van der Waals surface area contributed by atoms with Crippen LogP contribution in [0.5, 0.6) is 5.75 Å². The molecule has 1 rings (SSSR count). The molecule has 0 radical (unpaired) electrons. The molecule has 0 saturated carbocycles. The topological polar surface area (TPSA) is 9.23 Å². The summed E-state index contributed by atoms with van der Waals surface area (Å²) in [6, 6.07) is 2.30. The largest absolute Gasteiger partial charge is 0.496 e. The Morgan fingerprint density at radius 2 is 1.83 bits per heavy atom. The van der Waals surface area contributed by atoms with E-state index in [0.29, 0.717) is 5.92 Å². The predicted octanol–water partition coefficient (Wildman–Crippen LogP) is 5.07. The smallest absolute Gasteiger partial charge is 0.130 e. The molecule has 0 saturated heterocycles. The molecule has 0 heterocycles. The molecule has 0 N–H and O–H groups in total. The normalized spacial score (nSPS) is 11.8. The minimum absolute atomic E-state index is 0.0699. The second-order valence-corrected chi connectivity index (χ2v) is 6.19. The van der Waals surface area contributed by atoms with Crippen LogP contribution in [0.25, 0.3) is 6.08 Å². The summed E-state index contributed by atoms with van der Waals surface area (Å²) in [5, 5.41) is 0. The molecule has 100 valence electrons. The first-order valence-corrected chi connectivity index (χ1v) is 6.58.